The molecular weight excluding hydrogens is 366 g/mol. The molecule has 0 fully saturated rings. The lowest BCUT2D eigenvalue weighted by molar-refractivity contribution is -0.141. The molecule has 4 rings (SSSR count). The Labute approximate surface area is 156 Å². The lowest BCUT2D eigenvalue weighted by Crippen LogP contribution is -2.31. The van der Waals surface area contributed by atoms with E-state index >= 15 is 0 Å². The Morgan fingerprint density at radius 1 is 1.07 bits per heavy atom. The third-order valence-electron chi connectivity index (χ3n) is 4.58. The van der Waals surface area contributed by atoms with Crippen molar-refractivity contribution in [2.45, 2.75) is 11.4 Å². The van der Waals surface area contributed by atoms with E-state index in [-0.39, 0.29) is 11.4 Å². The maximum atomic E-state index is 13.0. The predicted octanol–water partition coefficient (Wildman–Crippen LogP) is 2.53. The van der Waals surface area contributed by atoms with Crippen LogP contribution in [0.5, 0.6) is 0 Å². The normalized spacial score (nSPS) is 14.4. The molecule has 7 nitrogen and oxygen atoms in total. The molecule has 0 radical (unpaired) electrons. The van der Waals surface area contributed by atoms with E-state index in [1.807, 2.05) is 30.3 Å². The molecule has 1 aromatic heterocycles. The van der Waals surface area contributed by atoms with Gasteiger partial charge < -0.3 is 4.74 Å². The fourth-order valence-electron chi connectivity index (χ4n) is 3.26. The summed E-state index contributed by atoms with van der Waals surface area (Å²) < 4.78 is 33.6. The van der Waals surface area contributed by atoms with Crippen molar-refractivity contribution >= 4 is 21.7 Å². The van der Waals surface area contributed by atoms with Gasteiger partial charge >= 0.3 is 5.97 Å². The number of hydrogen-bond acceptors (Lipinski definition) is 5. The maximum Gasteiger partial charge on any atom is 0.327 e. The van der Waals surface area contributed by atoms with Gasteiger partial charge in [-0.25, -0.2) is 8.42 Å². The Bertz CT molecular complexity index is 1140. The molecule has 1 aliphatic rings. The third kappa shape index (κ3) is 2.60. The fourth-order valence-corrected chi connectivity index (χ4v) is 4.67. The molecule has 0 amide bonds. The number of methoxy groups -OCH3 is 1. The van der Waals surface area contributed by atoms with Crippen molar-refractivity contribution in [1.29, 1.82) is 0 Å². The molecule has 0 aliphatic carbocycles. The van der Waals surface area contributed by atoms with Crippen LogP contribution >= 0.6 is 0 Å². The van der Waals surface area contributed by atoms with Crippen LogP contribution < -0.4 is 4.31 Å². The van der Waals surface area contributed by atoms with E-state index in [0.717, 1.165) is 5.56 Å². The van der Waals surface area contributed by atoms with Gasteiger partial charge in [0.15, 0.2) is 0 Å². The standard InChI is InChI=1S/C19H17N3O4S/c1-21-19-17(13-8-4-3-5-9-13)20-22(12-16(23)26-2)18(19)14-10-6-7-11-15(14)27(21,24)25/h3-11H,12H2,1-2H3. The number of anilines is 1. The highest BCUT2D eigenvalue weighted by atomic mass is 32.2. The second-order valence-electron chi connectivity index (χ2n) is 6.11. The third-order valence-corrected chi connectivity index (χ3v) is 6.39. The Morgan fingerprint density at radius 3 is 2.44 bits per heavy atom. The van der Waals surface area contributed by atoms with E-state index in [4.69, 9.17) is 4.74 Å². The Kier molecular flexibility index (Phi) is 4.00. The minimum atomic E-state index is -3.72. The summed E-state index contributed by atoms with van der Waals surface area (Å²) >= 11 is 0. The molecule has 0 atom stereocenters. The molecule has 3 aromatic rings. The van der Waals surface area contributed by atoms with Gasteiger partial charge in [0.05, 0.1) is 17.7 Å². The van der Waals surface area contributed by atoms with Gasteiger partial charge in [-0.05, 0) is 6.07 Å². The first-order chi connectivity index (χ1) is 12.9. The highest BCUT2D eigenvalue weighted by Crippen LogP contribution is 2.47. The zero-order valence-electron chi connectivity index (χ0n) is 14.8. The number of carbonyl (C=O) groups is 1. The zero-order chi connectivity index (χ0) is 19.2. The zero-order valence-corrected chi connectivity index (χ0v) is 15.6. The maximum absolute atomic E-state index is 13.0. The van der Waals surface area contributed by atoms with Gasteiger partial charge in [0.25, 0.3) is 10.0 Å². The fraction of sp³-hybridized carbons (Fsp3) is 0.158. The van der Waals surface area contributed by atoms with Crippen LogP contribution in [0.25, 0.3) is 22.5 Å². The van der Waals surface area contributed by atoms with Crippen LogP contribution in [0.2, 0.25) is 0 Å². The summed E-state index contributed by atoms with van der Waals surface area (Å²) in [5.74, 6) is -0.464. The van der Waals surface area contributed by atoms with E-state index < -0.39 is 16.0 Å². The summed E-state index contributed by atoms with van der Waals surface area (Å²) in [6, 6.07) is 16.0. The molecule has 2 heterocycles. The van der Waals surface area contributed by atoms with Crippen LogP contribution in [0.4, 0.5) is 5.69 Å². The van der Waals surface area contributed by atoms with Crippen molar-refractivity contribution < 1.29 is 17.9 Å². The van der Waals surface area contributed by atoms with Crippen molar-refractivity contribution in [2.75, 3.05) is 18.5 Å². The minimum absolute atomic E-state index is 0.117. The van der Waals surface area contributed by atoms with Gasteiger partial charge in [-0.15, -0.1) is 0 Å². The molecular formula is C19H17N3O4S. The van der Waals surface area contributed by atoms with Crippen LogP contribution in [0.1, 0.15) is 0 Å². The summed E-state index contributed by atoms with van der Waals surface area (Å²) in [4.78, 5) is 12.1. The lowest BCUT2D eigenvalue weighted by atomic mass is 10.1. The van der Waals surface area contributed by atoms with Crippen molar-refractivity contribution in [2.24, 2.45) is 0 Å². The predicted molar refractivity (Wildman–Crippen MR) is 101 cm³/mol. The van der Waals surface area contributed by atoms with Crippen molar-refractivity contribution in [1.82, 2.24) is 9.78 Å². The number of carbonyl (C=O) groups excluding carboxylic acids is 1. The molecule has 138 valence electrons. The number of ether oxygens (including phenoxy) is 1. The monoisotopic (exact) mass is 383 g/mol. The SMILES string of the molecule is COC(=O)Cn1nc(-c2ccccc2)c2c1-c1ccccc1S(=O)(=O)N2C. The second-order valence-corrected chi connectivity index (χ2v) is 8.05. The number of rotatable bonds is 3. The van der Waals surface area contributed by atoms with Crippen LogP contribution in [0.15, 0.2) is 59.5 Å². The highest BCUT2D eigenvalue weighted by molar-refractivity contribution is 7.93. The van der Waals surface area contributed by atoms with Crippen molar-refractivity contribution in [3.8, 4) is 22.5 Å². The highest BCUT2D eigenvalue weighted by Gasteiger charge is 2.38. The van der Waals surface area contributed by atoms with Crippen LogP contribution in [-0.4, -0.2) is 38.3 Å². The van der Waals surface area contributed by atoms with Gasteiger partial charge in [-0.2, -0.15) is 5.10 Å². The van der Waals surface area contributed by atoms with Gasteiger partial charge in [0, 0.05) is 18.2 Å². The van der Waals surface area contributed by atoms with Crippen molar-refractivity contribution in [3.05, 3.63) is 54.6 Å². The average molecular weight is 383 g/mol. The van der Waals surface area contributed by atoms with Crippen LogP contribution in [0.3, 0.4) is 0 Å². The van der Waals surface area contributed by atoms with Gasteiger partial charge in [-0.3, -0.25) is 13.8 Å². The van der Waals surface area contributed by atoms with Crippen molar-refractivity contribution in [3.63, 3.8) is 0 Å². The Balaban J connectivity index is 2.07. The Hall–Kier alpha value is -3.13. The molecule has 0 saturated carbocycles. The average Bonchev–Trinajstić information content (AvgIpc) is 3.06. The number of aromatic nitrogens is 2. The summed E-state index contributed by atoms with van der Waals surface area (Å²) in [6.45, 7) is -0.117. The van der Waals surface area contributed by atoms with E-state index in [0.29, 0.717) is 22.6 Å². The lowest BCUT2D eigenvalue weighted by Gasteiger charge is -2.27. The van der Waals surface area contributed by atoms with E-state index in [1.54, 1.807) is 24.3 Å². The molecule has 2 aromatic carbocycles. The summed E-state index contributed by atoms with van der Waals surface area (Å²) in [5, 5.41) is 4.57. The number of hydrogen-bond donors (Lipinski definition) is 0. The van der Waals surface area contributed by atoms with E-state index in [9.17, 15) is 13.2 Å². The molecule has 0 spiro atoms. The second kappa shape index (κ2) is 6.24. The van der Waals surface area contributed by atoms with E-state index in [1.165, 1.54) is 23.1 Å². The number of esters is 1. The molecule has 0 N–H and O–H groups in total. The number of sulfonamides is 1. The molecule has 0 unspecified atom stereocenters. The number of fused-ring (bicyclic) bond motifs is 3. The quantitative estimate of drug-likeness (QED) is 0.649. The molecule has 0 bridgehead atoms. The molecule has 8 heteroatoms. The largest absolute Gasteiger partial charge is 0.468 e. The number of benzene rings is 2. The van der Waals surface area contributed by atoms with Gasteiger partial charge in [-0.1, -0.05) is 48.5 Å². The first-order valence-corrected chi connectivity index (χ1v) is 9.70. The first kappa shape index (κ1) is 17.3. The van der Waals surface area contributed by atoms with Gasteiger partial charge in [0.2, 0.25) is 0 Å². The van der Waals surface area contributed by atoms with E-state index in [2.05, 4.69) is 5.10 Å². The summed E-state index contributed by atoms with van der Waals surface area (Å²) in [5.41, 5.74) is 2.80. The summed E-state index contributed by atoms with van der Waals surface area (Å²) in [6.07, 6.45) is 0. The minimum Gasteiger partial charge on any atom is -0.468 e. The molecule has 27 heavy (non-hydrogen) atoms. The molecule has 0 saturated heterocycles. The first-order valence-electron chi connectivity index (χ1n) is 8.26. The van der Waals surface area contributed by atoms with Crippen LogP contribution in [0, 0.1) is 0 Å². The summed E-state index contributed by atoms with van der Waals surface area (Å²) in [7, 11) is -0.914. The molecule has 1 aliphatic heterocycles. The Morgan fingerprint density at radius 2 is 1.74 bits per heavy atom. The number of nitrogens with zero attached hydrogens (tertiary/aromatic N) is 3. The van der Waals surface area contributed by atoms with Gasteiger partial charge in [0.1, 0.15) is 17.9 Å². The topological polar surface area (TPSA) is 81.5 Å². The smallest absolute Gasteiger partial charge is 0.327 e. The van der Waals surface area contributed by atoms with Crippen LogP contribution in [-0.2, 0) is 26.1 Å².